The van der Waals surface area contributed by atoms with Gasteiger partial charge in [0.25, 0.3) is 0 Å². The van der Waals surface area contributed by atoms with Crippen LogP contribution in [-0.2, 0) is 4.74 Å². The number of carbonyl (C=O) groups excluding carboxylic acids is 1. The number of halogens is 4. The van der Waals surface area contributed by atoms with Gasteiger partial charge in [-0.2, -0.15) is 13.2 Å². The van der Waals surface area contributed by atoms with E-state index in [0.717, 1.165) is 7.11 Å². The number of ether oxygens (including phenoxy) is 1. The number of aromatic nitrogens is 2. The Kier molecular flexibility index (Phi) is 4.17. The smallest absolute Gasteiger partial charge is 0.405 e. The SMILES string of the molecule is COC(=O)c1nc(Cl)c(NCC(F)(F)F)nc1N. The Labute approximate surface area is 104 Å². The number of nitrogens with zero attached hydrogens (tertiary/aromatic N) is 2. The molecule has 0 radical (unpaired) electrons. The molecule has 1 aromatic heterocycles. The third-order valence-electron chi connectivity index (χ3n) is 1.72. The van der Waals surface area contributed by atoms with Crippen LogP contribution in [0.4, 0.5) is 24.8 Å². The number of anilines is 2. The van der Waals surface area contributed by atoms with Crippen molar-refractivity contribution in [2.45, 2.75) is 6.18 Å². The highest BCUT2D eigenvalue weighted by Crippen LogP contribution is 2.23. The van der Waals surface area contributed by atoms with Crippen molar-refractivity contribution >= 4 is 29.2 Å². The number of methoxy groups -OCH3 is 1. The van der Waals surface area contributed by atoms with E-state index >= 15 is 0 Å². The van der Waals surface area contributed by atoms with Crippen molar-refractivity contribution in [2.75, 3.05) is 24.7 Å². The third-order valence-corrected chi connectivity index (χ3v) is 1.98. The van der Waals surface area contributed by atoms with Crippen molar-refractivity contribution in [3.05, 3.63) is 10.8 Å². The van der Waals surface area contributed by atoms with Crippen molar-refractivity contribution in [1.82, 2.24) is 9.97 Å². The lowest BCUT2D eigenvalue weighted by Gasteiger charge is -2.11. The van der Waals surface area contributed by atoms with Crippen molar-refractivity contribution in [3.63, 3.8) is 0 Å². The number of nitrogens with one attached hydrogen (secondary N) is 1. The van der Waals surface area contributed by atoms with E-state index in [1.165, 1.54) is 0 Å². The van der Waals surface area contributed by atoms with Crippen LogP contribution in [0, 0.1) is 0 Å². The van der Waals surface area contributed by atoms with E-state index in [9.17, 15) is 18.0 Å². The van der Waals surface area contributed by atoms with Gasteiger partial charge in [0, 0.05) is 0 Å². The van der Waals surface area contributed by atoms with Crippen molar-refractivity contribution in [2.24, 2.45) is 0 Å². The zero-order valence-electron chi connectivity index (χ0n) is 9.01. The van der Waals surface area contributed by atoms with Crippen LogP contribution in [0.1, 0.15) is 10.5 Å². The van der Waals surface area contributed by atoms with Gasteiger partial charge >= 0.3 is 12.1 Å². The molecule has 0 aliphatic heterocycles. The number of nitrogen functional groups attached to an aromatic ring is 1. The predicted octanol–water partition coefficient (Wildman–Crippen LogP) is 1.47. The first-order valence-electron chi connectivity index (χ1n) is 4.46. The summed E-state index contributed by atoms with van der Waals surface area (Å²) in [5.74, 6) is -1.63. The van der Waals surface area contributed by atoms with E-state index in [2.05, 4.69) is 14.7 Å². The first-order chi connectivity index (χ1) is 8.24. The molecule has 0 bridgehead atoms. The molecule has 0 aliphatic rings. The second-order valence-electron chi connectivity index (χ2n) is 3.06. The standard InChI is InChI=1S/C8H8ClF3N4O2/c1-18-7(17)3-5(13)16-6(4(9)15-3)14-2-8(10,11)12/h2H2,1H3,(H3,13,14,16). The largest absolute Gasteiger partial charge is 0.464 e. The topological polar surface area (TPSA) is 90.1 Å². The van der Waals surface area contributed by atoms with Crippen molar-refractivity contribution in [1.29, 1.82) is 0 Å². The third kappa shape index (κ3) is 3.62. The molecular formula is C8H8ClF3N4O2. The fraction of sp³-hybridized carbons (Fsp3) is 0.375. The van der Waals surface area contributed by atoms with E-state index in [-0.39, 0.29) is 17.3 Å². The molecular weight excluding hydrogens is 277 g/mol. The maximum atomic E-state index is 12.0. The van der Waals surface area contributed by atoms with Crippen LogP contribution in [0.5, 0.6) is 0 Å². The maximum absolute atomic E-state index is 12.0. The molecule has 1 rings (SSSR count). The maximum Gasteiger partial charge on any atom is 0.405 e. The fourth-order valence-corrected chi connectivity index (χ4v) is 1.16. The fourth-order valence-electron chi connectivity index (χ4n) is 0.971. The predicted molar refractivity (Wildman–Crippen MR) is 57.3 cm³/mol. The lowest BCUT2D eigenvalue weighted by Crippen LogP contribution is -2.23. The summed E-state index contributed by atoms with van der Waals surface area (Å²) < 4.78 is 40.3. The summed E-state index contributed by atoms with van der Waals surface area (Å²) in [5.41, 5.74) is 4.99. The van der Waals surface area contributed by atoms with Gasteiger partial charge in [-0.05, 0) is 0 Å². The Bertz CT molecular complexity index is 466. The quantitative estimate of drug-likeness (QED) is 0.817. The van der Waals surface area contributed by atoms with Crippen LogP contribution in [0.3, 0.4) is 0 Å². The summed E-state index contributed by atoms with van der Waals surface area (Å²) in [5, 5.41) is 1.51. The first-order valence-corrected chi connectivity index (χ1v) is 4.84. The van der Waals surface area contributed by atoms with Crippen LogP contribution in [-0.4, -0.2) is 35.8 Å². The van der Waals surface area contributed by atoms with Gasteiger partial charge in [0.2, 0.25) is 0 Å². The van der Waals surface area contributed by atoms with Crippen LogP contribution in [0.2, 0.25) is 5.15 Å². The van der Waals surface area contributed by atoms with E-state index in [1.54, 1.807) is 0 Å². The Morgan fingerprint density at radius 3 is 2.61 bits per heavy atom. The molecule has 0 atom stereocenters. The van der Waals surface area contributed by atoms with E-state index in [0.29, 0.717) is 0 Å². The summed E-state index contributed by atoms with van der Waals surface area (Å²) >= 11 is 5.56. The van der Waals surface area contributed by atoms with Gasteiger partial charge in [0.1, 0.15) is 6.54 Å². The molecule has 0 aromatic carbocycles. The number of alkyl halides is 3. The van der Waals surface area contributed by atoms with Crippen LogP contribution >= 0.6 is 11.6 Å². The minimum absolute atomic E-state index is 0.361. The molecule has 0 saturated carbocycles. The molecule has 0 spiro atoms. The highest BCUT2D eigenvalue weighted by atomic mass is 35.5. The van der Waals surface area contributed by atoms with Gasteiger partial charge in [0.05, 0.1) is 7.11 Å². The number of esters is 1. The van der Waals surface area contributed by atoms with Gasteiger partial charge < -0.3 is 15.8 Å². The minimum Gasteiger partial charge on any atom is -0.464 e. The Hall–Kier alpha value is -1.77. The molecule has 0 unspecified atom stereocenters. The summed E-state index contributed by atoms with van der Waals surface area (Å²) in [7, 11) is 1.09. The number of nitrogens with two attached hydrogens (primary N) is 1. The molecule has 18 heavy (non-hydrogen) atoms. The van der Waals surface area contributed by atoms with Gasteiger partial charge in [-0.15, -0.1) is 0 Å². The summed E-state index contributed by atoms with van der Waals surface area (Å²) in [6, 6.07) is 0. The van der Waals surface area contributed by atoms with Crippen molar-refractivity contribution < 1.29 is 22.7 Å². The second-order valence-corrected chi connectivity index (χ2v) is 3.42. The van der Waals surface area contributed by atoms with Crippen LogP contribution < -0.4 is 11.1 Å². The van der Waals surface area contributed by atoms with Crippen molar-refractivity contribution in [3.8, 4) is 0 Å². The highest BCUT2D eigenvalue weighted by Gasteiger charge is 2.28. The molecule has 0 amide bonds. The van der Waals surface area contributed by atoms with Gasteiger partial charge in [-0.25, -0.2) is 14.8 Å². The molecule has 100 valence electrons. The summed E-state index contributed by atoms with van der Waals surface area (Å²) in [4.78, 5) is 18.2. The monoisotopic (exact) mass is 284 g/mol. The molecule has 6 nitrogen and oxygen atoms in total. The Morgan fingerprint density at radius 1 is 1.50 bits per heavy atom. The highest BCUT2D eigenvalue weighted by molar-refractivity contribution is 6.31. The van der Waals surface area contributed by atoms with E-state index < -0.39 is 23.8 Å². The van der Waals surface area contributed by atoms with E-state index in [1.807, 2.05) is 5.32 Å². The number of carbonyl (C=O) groups is 1. The molecule has 1 aromatic rings. The molecule has 0 saturated heterocycles. The van der Waals surface area contributed by atoms with Crippen LogP contribution in [0.25, 0.3) is 0 Å². The molecule has 10 heteroatoms. The number of hydrogen-bond acceptors (Lipinski definition) is 6. The summed E-state index contributed by atoms with van der Waals surface area (Å²) in [6.45, 7) is -1.35. The van der Waals surface area contributed by atoms with Gasteiger partial charge in [-0.1, -0.05) is 11.6 Å². The number of rotatable bonds is 3. The molecule has 0 aliphatic carbocycles. The minimum atomic E-state index is -4.44. The molecule has 0 fully saturated rings. The molecule has 1 heterocycles. The number of hydrogen-bond donors (Lipinski definition) is 2. The average molecular weight is 285 g/mol. The normalized spacial score (nSPS) is 11.2. The van der Waals surface area contributed by atoms with Gasteiger partial charge in [0.15, 0.2) is 22.5 Å². The Morgan fingerprint density at radius 2 is 2.11 bits per heavy atom. The first kappa shape index (κ1) is 14.3. The average Bonchev–Trinajstić information content (AvgIpc) is 2.27. The second kappa shape index (κ2) is 5.25. The summed E-state index contributed by atoms with van der Waals surface area (Å²) in [6.07, 6.45) is -4.44. The van der Waals surface area contributed by atoms with Crippen LogP contribution in [0.15, 0.2) is 0 Å². The zero-order valence-corrected chi connectivity index (χ0v) is 9.76. The zero-order chi connectivity index (χ0) is 13.9. The Balaban J connectivity index is 2.97. The van der Waals surface area contributed by atoms with Gasteiger partial charge in [-0.3, -0.25) is 0 Å². The van der Waals surface area contributed by atoms with E-state index in [4.69, 9.17) is 17.3 Å². The molecule has 3 N–H and O–H groups in total. The lowest BCUT2D eigenvalue weighted by atomic mass is 10.4. The lowest BCUT2D eigenvalue weighted by molar-refractivity contribution is -0.115.